The van der Waals surface area contributed by atoms with E-state index in [2.05, 4.69) is 0 Å². The topological polar surface area (TPSA) is 34.1 Å². The molecule has 2 nitrogen and oxygen atoms in total. The summed E-state index contributed by atoms with van der Waals surface area (Å²) in [6, 6.07) is 0. The Bertz CT molecular complexity index is 244. The molecule has 1 atom stereocenters. The fraction of sp³-hybridized carbons (Fsp3) is 0.778. The molecule has 1 unspecified atom stereocenters. The molecule has 0 aromatic rings. The third kappa shape index (κ3) is 5.80. The molecule has 78 valence electrons. The Labute approximate surface area is 80.1 Å². The van der Waals surface area contributed by atoms with Crippen molar-refractivity contribution in [1.82, 2.24) is 0 Å². The van der Waals surface area contributed by atoms with Crippen molar-refractivity contribution in [2.24, 2.45) is 0 Å². The lowest BCUT2D eigenvalue weighted by Crippen LogP contribution is -2.15. The molecule has 0 aliphatic carbocycles. The zero-order chi connectivity index (χ0) is 10.3. The van der Waals surface area contributed by atoms with Crippen LogP contribution >= 0.6 is 0 Å². The van der Waals surface area contributed by atoms with Gasteiger partial charge < -0.3 is 0 Å². The van der Waals surface area contributed by atoms with Gasteiger partial charge in [0.2, 0.25) is 0 Å². The number of halogens is 1. The number of hydrogen-bond donors (Lipinski definition) is 0. The third-order valence-corrected chi connectivity index (χ3v) is 3.35. The molecule has 0 fully saturated rings. The molecule has 0 radical (unpaired) electrons. The van der Waals surface area contributed by atoms with Gasteiger partial charge in [0.15, 0.2) is 0 Å². The maximum Gasteiger partial charge on any atom is 0.305 e. The first-order valence-corrected chi connectivity index (χ1v) is 6.01. The van der Waals surface area contributed by atoms with Crippen molar-refractivity contribution in [1.29, 1.82) is 0 Å². The summed E-state index contributed by atoms with van der Waals surface area (Å²) in [7, 11) is -4.33. The van der Waals surface area contributed by atoms with Gasteiger partial charge in [-0.25, -0.2) is 0 Å². The van der Waals surface area contributed by atoms with Crippen LogP contribution in [0.15, 0.2) is 12.2 Å². The molecule has 0 N–H and O–H groups in total. The van der Waals surface area contributed by atoms with Crippen LogP contribution in [0.5, 0.6) is 0 Å². The smallest absolute Gasteiger partial charge is 0.195 e. The molecule has 13 heavy (non-hydrogen) atoms. The first-order valence-electron chi connectivity index (χ1n) is 4.57. The van der Waals surface area contributed by atoms with Crippen molar-refractivity contribution >= 4 is 10.2 Å². The summed E-state index contributed by atoms with van der Waals surface area (Å²) in [5.74, 6) is 0. The maximum absolute atomic E-state index is 12.5. The van der Waals surface area contributed by atoms with Crippen LogP contribution in [0.4, 0.5) is 3.89 Å². The highest BCUT2D eigenvalue weighted by Gasteiger charge is 2.21. The third-order valence-electron chi connectivity index (χ3n) is 1.99. The normalized spacial score (nSPS) is 15.0. The van der Waals surface area contributed by atoms with E-state index in [0.29, 0.717) is 12.8 Å². The minimum Gasteiger partial charge on any atom is -0.195 e. The van der Waals surface area contributed by atoms with E-state index in [1.165, 1.54) is 0 Å². The fourth-order valence-electron chi connectivity index (χ4n) is 1.17. The summed E-state index contributed by atoms with van der Waals surface area (Å²) in [5, 5.41) is -0.808. The number of rotatable bonds is 6. The van der Waals surface area contributed by atoms with E-state index in [1.54, 1.807) is 6.92 Å². The SMILES string of the molecule is CC=CCCCC(CC)S(=O)(=O)F. The molecule has 0 aliphatic rings. The molecular weight excluding hydrogens is 191 g/mol. The monoisotopic (exact) mass is 208 g/mol. The summed E-state index contributed by atoms with van der Waals surface area (Å²) in [6.45, 7) is 3.60. The molecule has 0 saturated heterocycles. The predicted molar refractivity (Wildman–Crippen MR) is 52.8 cm³/mol. The van der Waals surface area contributed by atoms with Crippen molar-refractivity contribution in [3.8, 4) is 0 Å². The second kappa shape index (κ2) is 6.13. The molecule has 0 aromatic carbocycles. The van der Waals surface area contributed by atoms with Crippen molar-refractivity contribution in [2.45, 2.75) is 44.8 Å². The molecule has 0 amide bonds. The summed E-state index contributed by atoms with van der Waals surface area (Å²) >= 11 is 0. The zero-order valence-electron chi connectivity index (χ0n) is 8.16. The quantitative estimate of drug-likeness (QED) is 0.382. The van der Waals surface area contributed by atoms with Crippen LogP contribution in [0.3, 0.4) is 0 Å². The molecule has 0 aliphatic heterocycles. The predicted octanol–water partition coefficient (Wildman–Crippen LogP) is 2.81. The second-order valence-corrected chi connectivity index (χ2v) is 4.62. The van der Waals surface area contributed by atoms with Crippen molar-refractivity contribution in [3.63, 3.8) is 0 Å². The molecule has 0 spiro atoms. The van der Waals surface area contributed by atoms with Crippen LogP contribution in [-0.4, -0.2) is 13.7 Å². The number of hydrogen-bond acceptors (Lipinski definition) is 2. The first kappa shape index (κ1) is 12.6. The Balaban J connectivity index is 3.87. The van der Waals surface area contributed by atoms with Gasteiger partial charge in [-0.3, -0.25) is 0 Å². The Hall–Kier alpha value is -0.380. The van der Waals surface area contributed by atoms with E-state index in [9.17, 15) is 12.3 Å². The lowest BCUT2D eigenvalue weighted by atomic mass is 10.1. The van der Waals surface area contributed by atoms with Crippen molar-refractivity contribution in [2.75, 3.05) is 0 Å². The average Bonchev–Trinajstić information content (AvgIpc) is 2.02. The van der Waals surface area contributed by atoms with Gasteiger partial charge in [0, 0.05) is 0 Å². The molecule has 0 heterocycles. The van der Waals surface area contributed by atoms with Gasteiger partial charge in [0.25, 0.3) is 0 Å². The standard InChI is InChI=1S/C9H17FO2S/c1-3-5-6-7-8-9(4-2)13(10,11)12/h3,5,9H,4,6-8H2,1-2H3. The van der Waals surface area contributed by atoms with E-state index >= 15 is 0 Å². The van der Waals surface area contributed by atoms with Crippen molar-refractivity contribution in [3.05, 3.63) is 12.2 Å². The van der Waals surface area contributed by atoms with Crippen molar-refractivity contribution < 1.29 is 12.3 Å². The van der Waals surface area contributed by atoms with E-state index in [1.807, 2.05) is 19.1 Å². The molecule has 0 aromatic heterocycles. The van der Waals surface area contributed by atoms with Crippen LogP contribution < -0.4 is 0 Å². The van der Waals surface area contributed by atoms with Crippen LogP contribution in [0.1, 0.15) is 39.5 Å². The largest absolute Gasteiger partial charge is 0.305 e. The Morgan fingerprint density at radius 2 is 2.08 bits per heavy atom. The number of allylic oxidation sites excluding steroid dienone is 2. The van der Waals surface area contributed by atoms with E-state index in [0.717, 1.165) is 12.8 Å². The summed E-state index contributed by atoms with van der Waals surface area (Å²) in [6.07, 6.45) is 6.19. The fourth-order valence-corrected chi connectivity index (χ4v) is 2.02. The highest BCUT2D eigenvalue weighted by atomic mass is 32.3. The van der Waals surface area contributed by atoms with Gasteiger partial charge in [0.05, 0.1) is 5.25 Å². The maximum atomic E-state index is 12.5. The minimum atomic E-state index is -4.33. The lowest BCUT2D eigenvalue weighted by Gasteiger charge is -2.08. The minimum absolute atomic E-state index is 0.356. The Morgan fingerprint density at radius 1 is 1.46 bits per heavy atom. The molecule has 0 bridgehead atoms. The highest BCUT2D eigenvalue weighted by molar-refractivity contribution is 7.87. The van der Waals surface area contributed by atoms with Gasteiger partial charge in [-0.05, 0) is 32.6 Å². The average molecular weight is 208 g/mol. The first-order chi connectivity index (χ1) is 6.02. The van der Waals surface area contributed by atoms with Crippen LogP contribution in [0.2, 0.25) is 0 Å². The van der Waals surface area contributed by atoms with Crippen LogP contribution in [0, 0.1) is 0 Å². The molecule has 4 heteroatoms. The Kier molecular flexibility index (Phi) is 5.95. The molecule has 0 saturated carbocycles. The molecular formula is C9H17FO2S. The summed E-state index contributed by atoms with van der Waals surface area (Å²) < 4.78 is 33.6. The molecule has 0 rings (SSSR count). The van der Waals surface area contributed by atoms with E-state index in [4.69, 9.17) is 0 Å². The lowest BCUT2D eigenvalue weighted by molar-refractivity contribution is 0.518. The van der Waals surface area contributed by atoms with Gasteiger partial charge in [-0.1, -0.05) is 19.1 Å². The van der Waals surface area contributed by atoms with E-state index in [-0.39, 0.29) is 0 Å². The Morgan fingerprint density at radius 3 is 2.46 bits per heavy atom. The zero-order valence-corrected chi connectivity index (χ0v) is 8.98. The van der Waals surface area contributed by atoms with Gasteiger partial charge in [-0.15, -0.1) is 3.89 Å². The van der Waals surface area contributed by atoms with E-state index < -0.39 is 15.5 Å². The number of unbranched alkanes of at least 4 members (excludes halogenated alkanes) is 1. The van der Waals surface area contributed by atoms with Gasteiger partial charge in [0.1, 0.15) is 0 Å². The highest BCUT2D eigenvalue weighted by Crippen LogP contribution is 2.15. The van der Waals surface area contributed by atoms with Gasteiger partial charge in [-0.2, -0.15) is 8.42 Å². The van der Waals surface area contributed by atoms with Crippen LogP contribution in [-0.2, 0) is 10.2 Å². The summed E-state index contributed by atoms with van der Waals surface area (Å²) in [4.78, 5) is 0. The van der Waals surface area contributed by atoms with Gasteiger partial charge >= 0.3 is 10.2 Å². The van der Waals surface area contributed by atoms with Crippen LogP contribution in [0.25, 0.3) is 0 Å². The summed E-state index contributed by atoms with van der Waals surface area (Å²) in [5.41, 5.74) is 0. The second-order valence-electron chi connectivity index (χ2n) is 3.01.